The maximum Gasteiger partial charge on any atom is -0.0394 e. The Bertz CT molecular complexity index is 94.2. The fourth-order valence-electron chi connectivity index (χ4n) is 2.02. The van der Waals surface area contributed by atoms with E-state index in [4.69, 9.17) is 0 Å². The molecule has 0 aliphatic rings. The van der Waals surface area contributed by atoms with Crippen molar-refractivity contribution in [1.82, 2.24) is 0 Å². The normalized spacial score (nSPS) is 13.6. The van der Waals surface area contributed by atoms with Crippen molar-refractivity contribution in [3.63, 3.8) is 0 Å². The summed E-state index contributed by atoms with van der Waals surface area (Å²) in [6.45, 7) is 9.33. The fourth-order valence-corrected chi connectivity index (χ4v) is 2.02. The smallest absolute Gasteiger partial charge is 0.0394 e. The van der Waals surface area contributed by atoms with Gasteiger partial charge in [-0.1, -0.05) is 72.6 Å². The van der Waals surface area contributed by atoms with E-state index in [-0.39, 0.29) is 0 Å². The van der Waals surface area contributed by atoms with Crippen LogP contribution in [0.25, 0.3) is 0 Å². The number of hydrogen-bond donors (Lipinski definition) is 0. The lowest BCUT2D eigenvalue weighted by molar-refractivity contribution is 0.335. The lowest BCUT2D eigenvalue weighted by Crippen LogP contribution is -2.06. The first-order valence-corrected chi connectivity index (χ1v) is 6.22. The van der Waals surface area contributed by atoms with Crippen LogP contribution in [-0.4, -0.2) is 0 Å². The van der Waals surface area contributed by atoms with Crippen LogP contribution in [0.2, 0.25) is 0 Å². The Morgan fingerprint density at radius 1 is 0.846 bits per heavy atom. The van der Waals surface area contributed by atoms with E-state index in [2.05, 4.69) is 27.7 Å². The fraction of sp³-hybridized carbons (Fsp3) is 1.00. The van der Waals surface area contributed by atoms with Crippen molar-refractivity contribution in [2.45, 2.75) is 72.6 Å². The van der Waals surface area contributed by atoms with Gasteiger partial charge < -0.3 is 0 Å². The minimum absolute atomic E-state index is 0.885. The molecule has 0 aliphatic heterocycles. The number of hydrogen-bond acceptors (Lipinski definition) is 0. The average molecular weight is 184 g/mol. The highest BCUT2D eigenvalue weighted by Crippen LogP contribution is 2.21. The maximum absolute atomic E-state index is 2.36. The van der Waals surface area contributed by atoms with Gasteiger partial charge in [-0.3, -0.25) is 0 Å². The molecule has 1 unspecified atom stereocenters. The SMILES string of the molecule is CCCCCCCC(CC)C(C)C. The first kappa shape index (κ1) is 13.0. The Labute approximate surface area is 85.1 Å². The van der Waals surface area contributed by atoms with E-state index < -0.39 is 0 Å². The van der Waals surface area contributed by atoms with Crippen LogP contribution < -0.4 is 0 Å². The molecule has 0 aliphatic carbocycles. The van der Waals surface area contributed by atoms with Crippen molar-refractivity contribution < 1.29 is 0 Å². The van der Waals surface area contributed by atoms with E-state index in [1.807, 2.05) is 0 Å². The Hall–Kier alpha value is 0. The van der Waals surface area contributed by atoms with Gasteiger partial charge in [0.2, 0.25) is 0 Å². The molecule has 0 fully saturated rings. The van der Waals surface area contributed by atoms with Gasteiger partial charge in [0.05, 0.1) is 0 Å². The second kappa shape index (κ2) is 8.59. The molecule has 0 spiro atoms. The zero-order valence-corrected chi connectivity index (χ0v) is 10.1. The first-order valence-electron chi connectivity index (χ1n) is 6.22. The number of unbranched alkanes of at least 4 members (excludes halogenated alkanes) is 4. The number of rotatable bonds is 8. The molecule has 0 N–H and O–H groups in total. The standard InChI is InChI=1S/C13H28/c1-5-7-8-9-10-11-13(6-2)12(3)4/h12-13H,5-11H2,1-4H3. The molecule has 1 atom stereocenters. The van der Waals surface area contributed by atoms with E-state index in [9.17, 15) is 0 Å². The van der Waals surface area contributed by atoms with Crippen molar-refractivity contribution >= 4 is 0 Å². The summed E-state index contributed by atoms with van der Waals surface area (Å²) in [5, 5.41) is 0. The second-order valence-corrected chi connectivity index (χ2v) is 4.62. The zero-order valence-electron chi connectivity index (χ0n) is 10.1. The highest BCUT2D eigenvalue weighted by Gasteiger charge is 2.09. The molecule has 0 saturated heterocycles. The second-order valence-electron chi connectivity index (χ2n) is 4.62. The molecule has 0 aromatic carbocycles. The molecule has 80 valence electrons. The highest BCUT2D eigenvalue weighted by atomic mass is 14.1. The van der Waals surface area contributed by atoms with Gasteiger partial charge in [0, 0.05) is 0 Å². The summed E-state index contributed by atoms with van der Waals surface area (Å²) >= 11 is 0. The van der Waals surface area contributed by atoms with Gasteiger partial charge in [0.25, 0.3) is 0 Å². The molecule has 0 amide bonds. The van der Waals surface area contributed by atoms with Gasteiger partial charge in [-0.25, -0.2) is 0 Å². The van der Waals surface area contributed by atoms with E-state index in [1.165, 1.54) is 44.9 Å². The Morgan fingerprint density at radius 3 is 1.92 bits per heavy atom. The average Bonchev–Trinajstić information content (AvgIpc) is 2.10. The van der Waals surface area contributed by atoms with Crippen LogP contribution >= 0.6 is 0 Å². The molecule has 0 aromatic rings. The summed E-state index contributed by atoms with van der Waals surface area (Å²) in [4.78, 5) is 0. The van der Waals surface area contributed by atoms with Crippen molar-refractivity contribution in [2.24, 2.45) is 11.8 Å². The summed E-state index contributed by atoms with van der Waals surface area (Å²) in [5.74, 6) is 1.86. The maximum atomic E-state index is 2.36. The summed E-state index contributed by atoms with van der Waals surface area (Å²) in [7, 11) is 0. The Balaban J connectivity index is 3.28. The molecule has 0 radical (unpaired) electrons. The Morgan fingerprint density at radius 2 is 1.46 bits per heavy atom. The summed E-state index contributed by atoms with van der Waals surface area (Å²) in [6.07, 6.45) is 9.97. The van der Waals surface area contributed by atoms with Gasteiger partial charge in [0.15, 0.2) is 0 Å². The summed E-state index contributed by atoms with van der Waals surface area (Å²) in [6, 6.07) is 0. The third-order valence-corrected chi connectivity index (χ3v) is 3.15. The molecule has 0 saturated carbocycles. The molecule has 0 aromatic heterocycles. The predicted molar refractivity (Wildman–Crippen MR) is 62.0 cm³/mol. The van der Waals surface area contributed by atoms with Crippen molar-refractivity contribution in [3.8, 4) is 0 Å². The molecule has 0 heterocycles. The zero-order chi connectivity index (χ0) is 10.1. The lowest BCUT2D eigenvalue weighted by Gasteiger charge is -2.18. The van der Waals surface area contributed by atoms with Crippen LogP contribution in [0.15, 0.2) is 0 Å². The van der Waals surface area contributed by atoms with Crippen LogP contribution in [0, 0.1) is 11.8 Å². The molecular weight excluding hydrogens is 156 g/mol. The lowest BCUT2D eigenvalue weighted by atomic mass is 9.88. The van der Waals surface area contributed by atoms with Gasteiger partial charge in [-0.15, -0.1) is 0 Å². The third kappa shape index (κ3) is 7.10. The van der Waals surface area contributed by atoms with Crippen LogP contribution in [0.5, 0.6) is 0 Å². The van der Waals surface area contributed by atoms with Gasteiger partial charge in [-0.05, 0) is 11.8 Å². The van der Waals surface area contributed by atoms with Crippen molar-refractivity contribution in [1.29, 1.82) is 0 Å². The van der Waals surface area contributed by atoms with E-state index in [0.29, 0.717) is 0 Å². The van der Waals surface area contributed by atoms with Crippen LogP contribution in [0.3, 0.4) is 0 Å². The Kier molecular flexibility index (Phi) is 8.59. The first-order chi connectivity index (χ1) is 6.22. The molecule has 13 heavy (non-hydrogen) atoms. The molecule has 0 bridgehead atoms. The topological polar surface area (TPSA) is 0 Å². The minimum atomic E-state index is 0.885. The van der Waals surface area contributed by atoms with E-state index in [1.54, 1.807) is 0 Å². The van der Waals surface area contributed by atoms with Gasteiger partial charge in [0.1, 0.15) is 0 Å². The predicted octanol–water partition coefficient (Wildman–Crippen LogP) is 5.03. The van der Waals surface area contributed by atoms with E-state index >= 15 is 0 Å². The monoisotopic (exact) mass is 184 g/mol. The molecular formula is C13H28. The van der Waals surface area contributed by atoms with Gasteiger partial charge in [-0.2, -0.15) is 0 Å². The summed E-state index contributed by atoms with van der Waals surface area (Å²) < 4.78 is 0. The minimum Gasteiger partial charge on any atom is -0.0654 e. The van der Waals surface area contributed by atoms with Crippen LogP contribution in [0.4, 0.5) is 0 Å². The van der Waals surface area contributed by atoms with Crippen molar-refractivity contribution in [3.05, 3.63) is 0 Å². The third-order valence-electron chi connectivity index (χ3n) is 3.15. The largest absolute Gasteiger partial charge is 0.0654 e. The van der Waals surface area contributed by atoms with E-state index in [0.717, 1.165) is 11.8 Å². The molecule has 0 rings (SSSR count). The molecule has 0 nitrogen and oxygen atoms in total. The highest BCUT2D eigenvalue weighted by molar-refractivity contribution is 4.61. The van der Waals surface area contributed by atoms with Crippen LogP contribution in [0.1, 0.15) is 72.6 Å². The van der Waals surface area contributed by atoms with Crippen LogP contribution in [-0.2, 0) is 0 Å². The summed E-state index contributed by atoms with van der Waals surface area (Å²) in [5.41, 5.74) is 0. The molecule has 0 heteroatoms. The van der Waals surface area contributed by atoms with Crippen molar-refractivity contribution in [2.75, 3.05) is 0 Å². The van der Waals surface area contributed by atoms with Gasteiger partial charge >= 0.3 is 0 Å². The quantitative estimate of drug-likeness (QED) is 0.464.